The fourth-order valence-electron chi connectivity index (χ4n) is 5.37. The molecule has 4 rings (SSSR count). The van der Waals surface area contributed by atoms with Crippen LogP contribution in [0.15, 0.2) is 24.3 Å². The third kappa shape index (κ3) is 8.08. The molecule has 3 N–H and O–H groups in total. The number of hydrogen-bond donors (Lipinski definition) is 3. The molecule has 2 aliphatic heterocycles. The SMILES string of the molecule is CCCCCCCC(=O)OC[C@H]1O[C@@H](Oc2nn(C3CCOC3)c(C)c2Cc2ccc(CC)cc2)[C@H](O)[C@@H](O)[C@@H]1O. The summed E-state index contributed by atoms with van der Waals surface area (Å²) in [6, 6.07) is 8.43. The third-order valence-electron chi connectivity index (χ3n) is 8.09. The first-order valence-electron chi connectivity index (χ1n) is 15.1. The van der Waals surface area contributed by atoms with Gasteiger partial charge >= 0.3 is 5.97 Å². The number of carbonyl (C=O) groups is 1. The van der Waals surface area contributed by atoms with Crippen molar-refractivity contribution >= 4 is 5.97 Å². The number of hydrogen-bond acceptors (Lipinski definition) is 9. The minimum absolute atomic E-state index is 0.0623. The van der Waals surface area contributed by atoms with Crippen molar-refractivity contribution in [3.05, 3.63) is 46.6 Å². The lowest BCUT2D eigenvalue weighted by molar-refractivity contribution is -0.279. The van der Waals surface area contributed by atoms with Crippen LogP contribution in [-0.4, -0.2) is 81.6 Å². The van der Waals surface area contributed by atoms with Gasteiger partial charge in [-0.05, 0) is 37.3 Å². The number of aliphatic hydroxyl groups excluding tert-OH is 3. The first-order valence-corrected chi connectivity index (χ1v) is 15.1. The molecule has 2 aromatic rings. The van der Waals surface area contributed by atoms with E-state index in [2.05, 4.69) is 38.1 Å². The average Bonchev–Trinajstić information content (AvgIpc) is 3.61. The highest BCUT2D eigenvalue weighted by Crippen LogP contribution is 2.32. The highest BCUT2D eigenvalue weighted by Gasteiger charge is 2.46. The van der Waals surface area contributed by atoms with Crippen molar-refractivity contribution in [2.45, 2.75) is 115 Å². The van der Waals surface area contributed by atoms with Crippen LogP contribution in [0.5, 0.6) is 5.88 Å². The van der Waals surface area contributed by atoms with Crippen LogP contribution in [0.2, 0.25) is 0 Å². The normalized spacial score (nSPS) is 26.3. The summed E-state index contributed by atoms with van der Waals surface area (Å²) in [5, 5.41) is 36.6. The molecule has 41 heavy (non-hydrogen) atoms. The van der Waals surface area contributed by atoms with Crippen molar-refractivity contribution in [1.82, 2.24) is 9.78 Å². The summed E-state index contributed by atoms with van der Waals surface area (Å²) in [5.41, 5.74) is 4.08. The maximum absolute atomic E-state index is 12.2. The summed E-state index contributed by atoms with van der Waals surface area (Å²) in [4.78, 5) is 12.2. The fourth-order valence-corrected chi connectivity index (χ4v) is 5.37. The van der Waals surface area contributed by atoms with E-state index in [0.29, 0.717) is 19.6 Å². The summed E-state index contributed by atoms with van der Waals surface area (Å²) in [7, 11) is 0. The predicted octanol–water partition coefficient (Wildman–Crippen LogP) is 3.40. The highest BCUT2D eigenvalue weighted by atomic mass is 16.7. The molecule has 0 saturated carbocycles. The van der Waals surface area contributed by atoms with E-state index in [0.717, 1.165) is 61.8 Å². The van der Waals surface area contributed by atoms with Crippen LogP contribution in [0.4, 0.5) is 0 Å². The van der Waals surface area contributed by atoms with Crippen LogP contribution in [0.3, 0.4) is 0 Å². The molecule has 2 saturated heterocycles. The van der Waals surface area contributed by atoms with Crippen LogP contribution in [0.1, 0.15) is 87.2 Å². The molecule has 1 aromatic heterocycles. The molecule has 0 bridgehead atoms. The number of benzene rings is 1. The molecular formula is C31H46N2O8. The van der Waals surface area contributed by atoms with Crippen molar-refractivity contribution in [2.75, 3.05) is 19.8 Å². The summed E-state index contributed by atoms with van der Waals surface area (Å²) < 4.78 is 24.8. The first-order chi connectivity index (χ1) is 19.8. The van der Waals surface area contributed by atoms with Crippen LogP contribution in [0.25, 0.3) is 0 Å². The monoisotopic (exact) mass is 574 g/mol. The molecule has 10 nitrogen and oxygen atoms in total. The summed E-state index contributed by atoms with van der Waals surface area (Å²) in [5.74, 6) is -0.107. The van der Waals surface area contributed by atoms with Gasteiger partial charge in [-0.25, -0.2) is 0 Å². The summed E-state index contributed by atoms with van der Waals surface area (Å²) in [6.07, 6.45) is 0.700. The van der Waals surface area contributed by atoms with Crippen LogP contribution in [0, 0.1) is 6.92 Å². The molecule has 0 amide bonds. The van der Waals surface area contributed by atoms with E-state index in [9.17, 15) is 20.1 Å². The van der Waals surface area contributed by atoms with Crippen molar-refractivity contribution in [3.8, 4) is 5.88 Å². The zero-order valence-electron chi connectivity index (χ0n) is 24.5. The van der Waals surface area contributed by atoms with Gasteiger partial charge in [0.15, 0.2) is 0 Å². The lowest BCUT2D eigenvalue weighted by atomic mass is 9.99. The second-order valence-electron chi connectivity index (χ2n) is 11.2. The number of esters is 1. The van der Waals surface area contributed by atoms with Gasteiger partial charge in [0, 0.05) is 30.7 Å². The lowest BCUT2D eigenvalue weighted by Gasteiger charge is -2.39. The Bertz CT molecular complexity index is 1100. The molecule has 0 aliphatic carbocycles. The van der Waals surface area contributed by atoms with E-state index in [1.54, 1.807) is 0 Å². The van der Waals surface area contributed by atoms with Crippen molar-refractivity contribution in [1.29, 1.82) is 0 Å². The van der Waals surface area contributed by atoms with Crippen LogP contribution < -0.4 is 4.74 Å². The van der Waals surface area contributed by atoms with Gasteiger partial charge in [0.1, 0.15) is 31.0 Å². The lowest BCUT2D eigenvalue weighted by Crippen LogP contribution is -2.60. The first kappa shape index (κ1) is 31.4. The van der Waals surface area contributed by atoms with Gasteiger partial charge in [0.2, 0.25) is 12.2 Å². The number of aryl methyl sites for hydroxylation is 1. The van der Waals surface area contributed by atoms with Gasteiger partial charge in [-0.1, -0.05) is 63.8 Å². The Kier molecular flexibility index (Phi) is 11.6. The summed E-state index contributed by atoms with van der Waals surface area (Å²) in [6.45, 7) is 7.17. The molecule has 6 atom stereocenters. The third-order valence-corrected chi connectivity index (χ3v) is 8.09. The molecular weight excluding hydrogens is 528 g/mol. The number of carbonyl (C=O) groups excluding carboxylic acids is 1. The minimum Gasteiger partial charge on any atom is -0.463 e. The van der Waals surface area contributed by atoms with Crippen molar-refractivity contribution < 1.29 is 39.1 Å². The number of ether oxygens (including phenoxy) is 4. The molecule has 0 spiro atoms. The maximum Gasteiger partial charge on any atom is 0.305 e. The maximum atomic E-state index is 12.2. The summed E-state index contributed by atoms with van der Waals surface area (Å²) >= 11 is 0. The van der Waals surface area contributed by atoms with Gasteiger partial charge in [-0.3, -0.25) is 9.48 Å². The topological polar surface area (TPSA) is 132 Å². The molecule has 2 aliphatic rings. The molecule has 3 heterocycles. The number of rotatable bonds is 14. The van der Waals surface area contributed by atoms with E-state index in [4.69, 9.17) is 24.0 Å². The van der Waals surface area contributed by atoms with Gasteiger partial charge in [0.25, 0.3) is 0 Å². The van der Waals surface area contributed by atoms with Gasteiger partial charge < -0.3 is 34.3 Å². The van der Waals surface area contributed by atoms with Gasteiger partial charge in [0.05, 0.1) is 12.6 Å². The molecule has 1 unspecified atom stereocenters. The fraction of sp³-hybridized carbons (Fsp3) is 0.677. The number of nitrogens with zero attached hydrogens (tertiary/aromatic N) is 2. The van der Waals surface area contributed by atoms with Gasteiger partial charge in [-0.2, -0.15) is 0 Å². The molecule has 10 heteroatoms. The van der Waals surface area contributed by atoms with E-state index >= 15 is 0 Å². The number of unbranched alkanes of at least 4 members (excludes halogenated alkanes) is 4. The van der Waals surface area contributed by atoms with Crippen molar-refractivity contribution in [2.24, 2.45) is 0 Å². The largest absolute Gasteiger partial charge is 0.463 e. The standard InChI is InChI=1S/C31H46N2O8/c1-4-6-7-8-9-10-26(34)39-19-25-27(35)28(36)29(37)31(40-25)41-30-24(17-22-13-11-21(5-2)12-14-22)20(3)33(32-30)23-15-16-38-18-23/h11-14,23,25,27-29,31,35-37H,4-10,15-19H2,1-3H3/t23?,25-,27-,28+,29-,31+/m1/s1. The Morgan fingerprint density at radius 2 is 1.76 bits per heavy atom. The molecule has 228 valence electrons. The molecule has 1 aromatic carbocycles. The predicted molar refractivity (Wildman–Crippen MR) is 152 cm³/mol. The van der Waals surface area contributed by atoms with E-state index in [-0.39, 0.29) is 30.9 Å². The Morgan fingerprint density at radius 1 is 1.02 bits per heavy atom. The Morgan fingerprint density at radius 3 is 2.44 bits per heavy atom. The van der Waals surface area contributed by atoms with Crippen molar-refractivity contribution in [3.63, 3.8) is 0 Å². The Balaban J connectivity index is 1.47. The zero-order chi connectivity index (χ0) is 29.4. The Labute approximate surface area is 242 Å². The average molecular weight is 575 g/mol. The quantitative estimate of drug-likeness (QED) is 0.229. The second kappa shape index (κ2) is 15.1. The van der Waals surface area contributed by atoms with Crippen LogP contribution in [-0.2, 0) is 31.8 Å². The van der Waals surface area contributed by atoms with Crippen LogP contribution >= 0.6 is 0 Å². The van der Waals surface area contributed by atoms with E-state index in [1.807, 2.05) is 11.6 Å². The second-order valence-corrected chi connectivity index (χ2v) is 11.2. The molecule has 0 radical (unpaired) electrons. The van der Waals surface area contributed by atoms with Gasteiger partial charge in [-0.15, -0.1) is 5.10 Å². The smallest absolute Gasteiger partial charge is 0.305 e. The minimum atomic E-state index is -1.55. The molecule has 2 fully saturated rings. The number of aromatic nitrogens is 2. The Hall–Kier alpha value is -2.50. The van der Waals surface area contributed by atoms with E-state index in [1.165, 1.54) is 5.56 Å². The highest BCUT2D eigenvalue weighted by molar-refractivity contribution is 5.69. The zero-order valence-corrected chi connectivity index (χ0v) is 24.5. The van der Waals surface area contributed by atoms with E-state index < -0.39 is 30.7 Å². The number of aliphatic hydroxyl groups is 3.